The number of unbranched alkanes of at least 4 members (excludes halogenated alkanes) is 1. The van der Waals surface area contributed by atoms with Gasteiger partial charge in [-0.2, -0.15) is 0 Å². The summed E-state index contributed by atoms with van der Waals surface area (Å²) in [5.74, 6) is 1.06. The third kappa shape index (κ3) is 5.94. The molecule has 0 aliphatic carbocycles. The molecule has 1 amide bonds. The Morgan fingerprint density at radius 1 is 1.26 bits per heavy atom. The van der Waals surface area contributed by atoms with Crippen molar-refractivity contribution in [2.45, 2.75) is 65.8 Å². The molecule has 1 N–H and O–H groups in total. The first-order valence-corrected chi connectivity index (χ1v) is 8.09. The summed E-state index contributed by atoms with van der Waals surface area (Å²) in [4.78, 5) is 14.4. The molecule has 3 nitrogen and oxygen atoms in total. The van der Waals surface area contributed by atoms with Gasteiger partial charge in [0.15, 0.2) is 0 Å². The van der Waals surface area contributed by atoms with E-state index < -0.39 is 0 Å². The first kappa shape index (κ1) is 16.5. The summed E-state index contributed by atoms with van der Waals surface area (Å²) in [6.07, 6.45) is 6.26. The maximum atomic E-state index is 11.9. The molecule has 2 atom stereocenters. The van der Waals surface area contributed by atoms with Crippen LogP contribution in [0.25, 0.3) is 0 Å². The average molecular weight is 268 g/mol. The second-order valence-electron chi connectivity index (χ2n) is 6.36. The van der Waals surface area contributed by atoms with Crippen LogP contribution in [-0.4, -0.2) is 36.5 Å². The molecule has 0 spiro atoms. The molecule has 0 bridgehead atoms. The van der Waals surface area contributed by atoms with Crippen molar-refractivity contribution in [3.05, 3.63) is 0 Å². The van der Waals surface area contributed by atoms with Crippen LogP contribution in [0.3, 0.4) is 0 Å². The summed E-state index contributed by atoms with van der Waals surface area (Å²) in [6, 6.07) is 0.358. The van der Waals surface area contributed by atoms with Gasteiger partial charge in [-0.1, -0.05) is 40.5 Å². The molecule has 3 heteroatoms. The molecule has 1 aliphatic heterocycles. The fourth-order valence-electron chi connectivity index (χ4n) is 2.98. The van der Waals surface area contributed by atoms with E-state index in [4.69, 9.17) is 0 Å². The molecule has 0 saturated carbocycles. The second-order valence-corrected chi connectivity index (χ2v) is 6.36. The lowest BCUT2D eigenvalue weighted by molar-refractivity contribution is -0.125. The molecule has 1 aliphatic rings. The van der Waals surface area contributed by atoms with Crippen molar-refractivity contribution in [2.24, 2.45) is 11.8 Å². The van der Waals surface area contributed by atoms with Crippen molar-refractivity contribution < 1.29 is 4.79 Å². The largest absolute Gasteiger partial charge is 0.352 e. The van der Waals surface area contributed by atoms with E-state index in [-0.39, 0.29) is 11.8 Å². The van der Waals surface area contributed by atoms with E-state index in [1.165, 1.54) is 38.6 Å². The highest BCUT2D eigenvalue weighted by Gasteiger charge is 2.27. The van der Waals surface area contributed by atoms with E-state index in [0.29, 0.717) is 6.04 Å². The molecule has 1 heterocycles. The number of hydrogen-bond acceptors (Lipinski definition) is 2. The van der Waals surface area contributed by atoms with Gasteiger partial charge in [-0.3, -0.25) is 4.79 Å². The van der Waals surface area contributed by atoms with Gasteiger partial charge in [0.1, 0.15) is 0 Å². The van der Waals surface area contributed by atoms with Gasteiger partial charge in [-0.15, -0.1) is 0 Å². The summed E-state index contributed by atoms with van der Waals surface area (Å²) < 4.78 is 0. The van der Waals surface area contributed by atoms with Gasteiger partial charge in [-0.05, 0) is 31.7 Å². The van der Waals surface area contributed by atoms with Crippen LogP contribution in [0.1, 0.15) is 59.8 Å². The number of nitrogens with one attached hydrogen (secondary N) is 1. The predicted molar refractivity (Wildman–Crippen MR) is 81.1 cm³/mol. The van der Waals surface area contributed by atoms with E-state index in [9.17, 15) is 4.79 Å². The lowest BCUT2D eigenvalue weighted by Crippen LogP contribution is -2.51. The van der Waals surface area contributed by atoms with Crippen LogP contribution in [0.2, 0.25) is 0 Å². The molecule has 1 rings (SSSR count). The Kier molecular flexibility index (Phi) is 7.44. The summed E-state index contributed by atoms with van der Waals surface area (Å²) in [6.45, 7) is 11.8. The van der Waals surface area contributed by atoms with Crippen LogP contribution >= 0.6 is 0 Å². The number of likely N-dealkylation sites (tertiary alicyclic amines) is 1. The van der Waals surface area contributed by atoms with E-state index in [1.54, 1.807) is 0 Å². The lowest BCUT2D eigenvalue weighted by Gasteiger charge is -2.38. The highest BCUT2D eigenvalue weighted by molar-refractivity contribution is 5.78. The summed E-state index contributed by atoms with van der Waals surface area (Å²) in [5, 5.41) is 3.23. The molecule has 2 unspecified atom stereocenters. The minimum atomic E-state index is 0.0932. The number of piperidine rings is 1. The van der Waals surface area contributed by atoms with Gasteiger partial charge < -0.3 is 10.2 Å². The molecule has 112 valence electrons. The summed E-state index contributed by atoms with van der Waals surface area (Å²) >= 11 is 0. The number of amides is 1. The minimum Gasteiger partial charge on any atom is -0.352 e. The molecular formula is C16H32N2O. The van der Waals surface area contributed by atoms with Gasteiger partial charge in [-0.25, -0.2) is 0 Å². The van der Waals surface area contributed by atoms with E-state index >= 15 is 0 Å². The fourth-order valence-corrected chi connectivity index (χ4v) is 2.98. The van der Waals surface area contributed by atoms with Gasteiger partial charge in [0.05, 0.1) is 0 Å². The molecule has 1 fully saturated rings. The van der Waals surface area contributed by atoms with Crippen LogP contribution in [0.4, 0.5) is 0 Å². The van der Waals surface area contributed by atoms with Crippen LogP contribution in [0.5, 0.6) is 0 Å². The number of hydrogen-bond donors (Lipinski definition) is 1. The maximum Gasteiger partial charge on any atom is 0.222 e. The molecule has 0 aromatic carbocycles. The molecule has 0 aromatic heterocycles. The normalized spacial score (nSPS) is 24.7. The maximum absolute atomic E-state index is 11.9. The van der Waals surface area contributed by atoms with E-state index in [1.807, 2.05) is 13.8 Å². The smallest absolute Gasteiger partial charge is 0.222 e. The standard InChI is InChI=1S/C16H32N2O/c1-5-7-8-14-10-15(17-16(19)13(3)4)12-18(11-14)9-6-2/h13-15H,5-12H2,1-4H3,(H,17,19). The Bertz CT molecular complexity index is 265. The van der Waals surface area contributed by atoms with Gasteiger partial charge in [0, 0.05) is 25.0 Å². The SMILES string of the molecule is CCCCC1CC(NC(=O)C(C)C)CN(CCC)C1. The quantitative estimate of drug-likeness (QED) is 0.769. The Morgan fingerprint density at radius 3 is 2.58 bits per heavy atom. The first-order valence-electron chi connectivity index (χ1n) is 8.09. The Balaban J connectivity index is 2.51. The predicted octanol–water partition coefficient (Wildman–Crippen LogP) is 3.05. The van der Waals surface area contributed by atoms with Crippen molar-refractivity contribution >= 4 is 5.91 Å². The first-order chi connectivity index (χ1) is 9.06. The van der Waals surface area contributed by atoms with Crippen molar-refractivity contribution in [2.75, 3.05) is 19.6 Å². The van der Waals surface area contributed by atoms with Gasteiger partial charge in [0.2, 0.25) is 5.91 Å². The van der Waals surface area contributed by atoms with E-state index in [0.717, 1.165) is 19.0 Å². The third-order valence-electron chi connectivity index (χ3n) is 3.99. The van der Waals surface area contributed by atoms with Crippen molar-refractivity contribution in [1.29, 1.82) is 0 Å². The van der Waals surface area contributed by atoms with Gasteiger partial charge >= 0.3 is 0 Å². The average Bonchev–Trinajstić information content (AvgIpc) is 2.36. The lowest BCUT2D eigenvalue weighted by atomic mass is 9.89. The Morgan fingerprint density at radius 2 is 2.00 bits per heavy atom. The van der Waals surface area contributed by atoms with E-state index in [2.05, 4.69) is 24.1 Å². The van der Waals surface area contributed by atoms with Crippen LogP contribution in [0.15, 0.2) is 0 Å². The number of nitrogens with zero attached hydrogens (tertiary/aromatic N) is 1. The topological polar surface area (TPSA) is 32.3 Å². The highest BCUT2D eigenvalue weighted by Crippen LogP contribution is 2.22. The third-order valence-corrected chi connectivity index (χ3v) is 3.99. The zero-order valence-electron chi connectivity index (χ0n) is 13.2. The van der Waals surface area contributed by atoms with Crippen LogP contribution in [0, 0.1) is 11.8 Å². The summed E-state index contributed by atoms with van der Waals surface area (Å²) in [7, 11) is 0. The molecule has 0 aromatic rings. The van der Waals surface area contributed by atoms with Crippen molar-refractivity contribution in [3.8, 4) is 0 Å². The van der Waals surface area contributed by atoms with Crippen LogP contribution < -0.4 is 5.32 Å². The highest BCUT2D eigenvalue weighted by atomic mass is 16.1. The fraction of sp³-hybridized carbons (Fsp3) is 0.938. The summed E-state index contributed by atoms with van der Waals surface area (Å²) in [5.41, 5.74) is 0. The monoisotopic (exact) mass is 268 g/mol. The zero-order chi connectivity index (χ0) is 14.3. The molecule has 19 heavy (non-hydrogen) atoms. The number of carbonyl (C=O) groups excluding carboxylic acids is 1. The Hall–Kier alpha value is -0.570. The molecule has 0 radical (unpaired) electrons. The van der Waals surface area contributed by atoms with Crippen LogP contribution in [-0.2, 0) is 4.79 Å². The zero-order valence-corrected chi connectivity index (χ0v) is 13.2. The van der Waals surface area contributed by atoms with Crippen molar-refractivity contribution in [1.82, 2.24) is 10.2 Å². The Labute approximate surface area is 119 Å². The van der Waals surface area contributed by atoms with Crippen molar-refractivity contribution in [3.63, 3.8) is 0 Å². The number of rotatable bonds is 7. The molecule has 1 saturated heterocycles. The second kappa shape index (κ2) is 8.57. The minimum absolute atomic E-state index is 0.0932. The van der Waals surface area contributed by atoms with Gasteiger partial charge in [0.25, 0.3) is 0 Å². The number of carbonyl (C=O) groups is 1. The molecular weight excluding hydrogens is 236 g/mol.